The molecule has 1 rings (SSSR count). The van der Waals surface area contributed by atoms with E-state index >= 15 is 0 Å². The van der Waals surface area contributed by atoms with Crippen LogP contribution in [-0.4, -0.2) is 18.9 Å². The molecule has 0 aliphatic heterocycles. The molecule has 0 saturated carbocycles. The lowest BCUT2D eigenvalue weighted by molar-refractivity contribution is 0.203. The van der Waals surface area contributed by atoms with Gasteiger partial charge in [0.2, 0.25) is 0 Å². The van der Waals surface area contributed by atoms with E-state index in [4.69, 9.17) is 21.6 Å². The molecule has 16 heavy (non-hydrogen) atoms. The molecule has 0 atom stereocenters. The van der Waals surface area contributed by atoms with Crippen molar-refractivity contribution in [2.75, 3.05) is 12.8 Å². The standard InChI is InChI=1S/C10H9ClN2O2S/c1-13-10(14)15-9-3-2-7(6-8(9)11)16-5-4-12/h2-3,6H,5H2,1H3,(H,13,14). The van der Waals surface area contributed by atoms with Crippen LogP contribution in [0.25, 0.3) is 0 Å². The van der Waals surface area contributed by atoms with Gasteiger partial charge in [0.15, 0.2) is 5.75 Å². The number of hydrogen-bond acceptors (Lipinski definition) is 4. The van der Waals surface area contributed by atoms with E-state index in [9.17, 15) is 4.79 Å². The Balaban J connectivity index is 2.75. The molecule has 6 heteroatoms. The Bertz CT molecular complexity index is 431. The highest BCUT2D eigenvalue weighted by atomic mass is 35.5. The Morgan fingerprint density at radius 2 is 2.44 bits per heavy atom. The average Bonchev–Trinajstić information content (AvgIpc) is 2.29. The maximum atomic E-state index is 11.0. The summed E-state index contributed by atoms with van der Waals surface area (Å²) < 4.78 is 4.90. The third-order valence-electron chi connectivity index (χ3n) is 1.61. The number of amides is 1. The van der Waals surface area contributed by atoms with Gasteiger partial charge in [-0.3, -0.25) is 0 Å². The van der Waals surface area contributed by atoms with E-state index in [2.05, 4.69) is 5.32 Å². The minimum atomic E-state index is -0.570. The Kier molecular flexibility index (Phi) is 4.96. The zero-order valence-corrected chi connectivity index (χ0v) is 10.1. The topological polar surface area (TPSA) is 62.1 Å². The monoisotopic (exact) mass is 256 g/mol. The van der Waals surface area contributed by atoms with Crippen LogP contribution in [0, 0.1) is 11.3 Å². The van der Waals surface area contributed by atoms with Crippen LogP contribution in [0.1, 0.15) is 0 Å². The van der Waals surface area contributed by atoms with E-state index in [1.165, 1.54) is 18.8 Å². The largest absolute Gasteiger partial charge is 0.412 e. The Hall–Kier alpha value is -1.38. The third kappa shape index (κ3) is 3.65. The SMILES string of the molecule is CNC(=O)Oc1ccc(SCC#N)cc1Cl. The minimum Gasteiger partial charge on any atom is -0.409 e. The molecule has 0 fully saturated rings. The van der Waals surface area contributed by atoms with Gasteiger partial charge in [-0.05, 0) is 18.2 Å². The van der Waals surface area contributed by atoms with E-state index < -0.39 is 6.09 Å². The van der Waals surface area contributed by atoms with Crippen molar-refractivity contribution in [3.63, 3.8) is 0 Å². The molecule has 1 amide bonds. The molecule has 0 radical (unpaired) electrons. The van der Waals surface area contributed by atoms with Gasteiger partial charge in [0.05, 0.1) is 16.8 Å². The van der Waals surface area contributed by atoms with Crippen molar-refractivity contribution in [2.45, 2.75) is 4.90 Å². The summed E-state index contributed by atoms with van der Waals surface area (Å²) in [7, 11) is 1.47. The molecule has 0 aromatic heterocycles. The predicted molar refractivity (Wildman–Crippen MR) is 62.9 cm³/mol. The second-order valence-electron chi connectivity index (χ2n) is 2.68. The van der Waals surface area contributed by atoms with Crippen molar-refractivity contribution >= 4 is 29.5 Å². The highest BCUT2D eigenvalue weighted by Crippen LogP contribution is 2.29. The molecule has 84 valence electrons. The van der Waals surface area contributed by atoms with Crippen molar-refractivity contribution in [3.8, 4) is 11.8 Å². The number of nitriles is 1. The predicted octanol–water partition coefficient (Wildman–Crippen LogP) is 2.67. The van der Waals surface area contributed by atoms with Crippen LogP contribution in [0.3, 0.4) is 0 Å². The van der Waals surface area contributed by atoms with Gasteiger partial charge in [0.25, 0.3) is 0 Å². The normalized spacial score (nSPS) is 9.31. The van der Waals surface area contributed by atoms with Gasteiger partial charge >= 0.3 is 6.09 Å². The Labute approximate surface area is 103 Å². The maximum Gasteiger partial charge on any atom is 0.412 e. The third-order valence-corrected chi connectivity index (χ3v) is 2.77. The number of nitrogens with one attached hydrogen (secondary N) is 1. The van der Waals surface area contributed by atoms with E-state index in [1.807, 2.05) is 6.07 Å². The molecule has 0 unspecified atom stereocenters. The number of carbonyl (C=O) groups excluding carboxylic acids is 1. The molecule has 1 aromatic rings. The lowest BCUT2D eigenvalue weighted by Gasteiger charge is -2.06. The minimum absolute atomic E-state index is 0.294. The molecular weight excluding hydrogens is 248 g/mol. The van der Waals surface area contributed by atoms with Crippen LogP contribution in [0.5, 0.6) is 5.75 Å². The van der Waals surface area contributed by atoms with E-state index in [0.29, 0.717) is 16.5 Å². The lowest BCUT2D eigenvalue weighted by Crippen LogP contribution is -2.22. The van der Waals surface area contributed by atoms with Gasteiger partial charge in [-0.15, -0.1) is 11.8 Å². The number of carbonyl (C=O) groups is 1. The van der Waals surface area contributed by atoms with Crippen molar-refractivity contribution in [2.24, 2.45) is 0 Å². The molecule has 1 aromatic carbocycles. The first-order chi connectivity index (χ1) is 7.67. The second-order valence-corrected chi connectivity index (χ2v) is 4.13. The molecule has 0 saturated heterocycles. The van der Waals surface area contributed by atoms with E-state index in [0.717, 1.165) is 4.90 Å². The first-order valence-electron chi connectivity index (χ1n) is 4.36. The van der Waals surface area contributed by atoms with Crippen molar-refractivity contribution in [3.05, 3.63) is 23.2 Å². The smallest absolute Gasteiger partial charge is 0.409 e. The quantitative estimate of drug-likeness (QED) is 0.845. The second kappa shape index (κ2) is 6.26. The van der Waals surface area contributed by atoms with Crippen LogP contribution in [-0.2, 0) is 0 Å². The van der Waals surface area contributed by atoms with Gasteiger partial charge < -0.3 is 10.1 Å². The maximum absolute atomic E-state index is 11.0. The van der Waals surface area contributed by atoms with Gasteiger partial charge in [0.1, 0.15) is 0 Å². The summed E-state index contributed by atoms with van der Waals surface area (Å²) in [5.74, 6) is 0.647. The summed E-state index contributed by atoms with van der Waals surface area (Å²) in [6.45, 7) is 0. The summed E-state index contributed by atoms with van der Waals surface area (Å²) in [6, 6.07) is 7.01. The summed E-state index contributed by atoms with van der Waals surface area (Å²) >= 11 is 7.27. The van der Waals surface area contributed by atoms with Crippen molar-refractivity contribution in [1.82, 2.24) is 5.32 Å². The van der Waals surface area contributed by atoms with Crippen molar-refractivity contribution in [1.29, 1.82) is 5.26 Å². The number of nitrogens with zero attached hydrogens (tertiary/aromatic N) is 1. The Morgan fingerprint density at radius 1 is 1.69 bits per heavy atom. The fourth-order valence-corrected chi connectivity index (χ4v) is 1.80. The lowest BCUT2D eigenvalue weighted by atomic mass is 10.3. The van der Waals surface area contributed by atoms with Gasteiger partial charge in [-0.25, -0.2) is 4.79 Å². The average molecular weight is 257 g/mol. The first kappa shape index (κ1) is 12.7. The van der Waals surface area contributed by atoms with E-state index in [1.54, 1.807) is 18.2 Å². The fourth-order valence-electron chi connectivity index (χ4n) is 0.921. The van der Waals surface area contributed by atoms with Crippen LogP contribution < -0.4 is 10.1 Å². The molecular formula is C10H9ClN2O2S. The number of rotatable bonds is 3. The van der Waals surface area contributed by atoms with Crippen LogP contribution in [0.15, 0.2) is 23.1 Å². The van der Waals surface area contributed by atoms with Crippen LogP contribution in [0.4, 0.5) is 4.79 Å². The molecule has 0 bridgehead atoms. The molecule has 1 N–H and O–H groups in total. The first-order valence-corrected chi connectivity index (χ1v) is 5.72. The molecule has 0 aliphatic carbocycles. The van der Waals surface area contributed by atoms with Gasteiger partial charge in [0, 0.05) is 11.9 Å². The summed E-state index contributed by atoms with van der Waals surface area (Å²) in [5, 5.41) is 11.1. The number of ether oxygens (including phenoxy) is 1. The zero-order chi connectivity index (χ0) is 12.0. The number of hydrogen-bond donors (Lipinski definition) is 1. The van der Waals surface area contributed by atoms with Crippen LogP contribution >= 0.6 is 23.4 Å². The summed E-state index contributed by atoms with van der Waals surface area (Å²) in [4.78, 5) is 11.8. The number of halogens is 1. The summed E-state index contributed by atoms with van der Waals surface area (Å²) in [6.07, 6.45) is -0.570. The zero-order valence-electron chi connectivity index (χ0n) is 8.49. The Morgan fingerprint density at radius 3 is 3.00 bits per heavy atom. The van der Waals surface area contributed by atoms with E-state index in [-0.39, 0.29) is 0 Å². The molecule has 0 heterocycles. The highest BCUT2D eigenvalue weighted by molar-refractivity contribution is 7.99. The fraction of sp³-hybridized carbons (Fsp3) is 0.200. The highest BCUT2D eigenvalue weighted by Gasteiger charge is 2.07. The van der Waals surface area contributed by atoms with Crippen molar-refractivity contribution < 1.29 is 9.53 Å². The molecule has 0 spiro atoms. The number of benzene rings is 1. The molecule has 0 aliphatic rings. The summed E-state index contributed by atoms with van der Waals surface area (Å²) in [5.41, 5.74) is 0. The van der Waals surface area contributed by atoms with Crippen LogP contribution in [0.2, 0.25) is 5.02 Å². The van der Waals surface area contributed by atoms with Gasteiger partial charge in [-0.1, -0.05) is 11.6 Å². The molecule has 4 nitrogen and oxygen atoms in total. The number of thioether (sulfide) groups is 1. The van der Waals surface area contributed by atoms with Gasteiger partial charge in [-0.2, -0.15) is 5.26 Å².